The van der Waals surface area contributed by atoms with Gasteiger partial charge in [0.25, 0.3) is 10.0 Å². The predicted molar refractivity (Wildman–Crippen MR) is 105 cm³/mol. The molecule has 0 unspecified atom stereocenters. The number of ketones is 1. The van der Waals surface area contributed by atoms with Crippen molar-refractivity contribution < 1.29 is 18.3 Å². The van der Waals surface area contributed by atoms with Crippen LogP contribution in [0.15, 0.2) is 71.8 Å². The number of piperidine rings is 1. The van der Waals surface area contributed by atoms with Crippen molar-refractivity contribution in [2.45, 2.75) is 24.2 Å². The van der Waals surface area contributed by atoms with Crippen LogP contribution in [-0.2, 0) is 21.2 Å². The van der Waals surface area contributed by atoms with Gasteiger partial charge in [-0.3, -0.25) is 9.10 Å². The van der Waals surface area contributed by atoms with Gasteiger partial charge in [0.05, 0.1) is 4.90 Å². The number of rotatable bonds is 5. The third-order valence-corrected chi connectivity index (χ3v) is 6.29. The largest absolute Gasteiger partial charge is 0.508 e. The number of hydrogen-bond acceptors (Lipinski definition) is 4. The summed E-state index contributed by atoms with van der Waals surface area (Å²) in [5.41, 5.74) is 1.85. The van der Waals surface area contributed by atoms with Gasteiger partial charge in [0.2, 0.25) is 0 Å². The summed E-state index contributed by atoms with van der Waals surface area (Å²) in [7, 11) is -3.74. The monoisotopic (exact) mass is 383 g/mol. The van der Waals surface area contributed by atoms with Gasteiger partial charge in [-0.15, -0.1) is 6.58 Å². The van der Waals surface area contributed by atoms with Crippen LogP contribution in [0.4, 0.5) is 0 Å². The number of hydrogen-bond donors (Lipinski definition) is 1. The van der Waals surface area contributed by atoms with Crippen LogP contribution in [0.2, 0.25) is 0 Å². The van der Waals surface area contributed by atoms with Crippen LogP contribution in [0.3, 0.4) is 0 Å². The molecule has 1 heterocycles. The minimum absolute atomic E-state index is 0.00542. The number of carbonyl (C=O) groups excluding carboxylic acids is 1. The van der Waals surface area contributed by atoms with E-state index in [1.807, 2.05) is 0 Å². The Balaban J connectivity index is 2.02. The zero-order valence-electron chi connectivity index (χ0n) is 14.8. The second-order valence-electron chi connectivity index (χ2n) is 6.37. The quantitative estimate of drug-likeness (QED) is 0.802. The lowest BCUT2D eigenvalue weighted by molar-refractivity contribution is -0.119. The van der Waals surface area contributed by atoms with E-state index in [0.717, 1.165) is 5.56 Å². The summed E-state index contributed by atoms with van der Waals surface area (Å²) in [6, 6.07) is 13.2. The number of benzene rings is 2. The first kappa shape index (κ1) is 18.9. The summed E-state index contributed by atoms with van der Waals surface area (Å²) >= 11 is 0. The van der Waals surface area contributed by atoms with Gasteiger partial charge in [0, 0.05) is 25.1 Å². The number of phenolic OH excluding ortho intramolecular Hbond substituents is 1. The highest BCUT2D eigenvalue weighted by Gasteiger charge is 2.31. The molecule has 1 fully saturated rings. The molecule has 0 amide bonds. The molecular formula is C21H21NO4S. The maximum atomic E-state index is 13.0. The van der Waals surface area contributed by atoms with Gasteiger partial charge >= 0.3 is 0 Å². The fourth-order valence-electron chi connectivity index (χ4n) is 3.07. The van der Waals surface area contributed by atoms with E-state index >= 15 is 0 Å². The standard InChI is InChI=1S/C21H21NO4S/c1-2-6-17-13-16(9-10-21(17)24)14-18-15-19(23)11-12-22(18)27(25,26)20-7-4-3-5-8-20/h2-5,7-10,13-14,24H,1,6,11-12,15H2. The van der Waals surface area contributed by atoms with Crippen molar-refractivity contribution in [3.8, 4) is 5.75 Å². The molecule has 0 aromatic heterocycles. The van der Waals surface area contributed by atoms with Gasteiger partial charge in [0.1, 0.15) is 11.5 Å². The Morgan fingerprint density at radius 3 is 2.59 bits per heavy atom. The Morgan fingerprint density at radius 2 is 1.89 bits per heavy atom. The fourth-order valence-corrected chi connectivity index (χ4v) is 4.59. The molecule has 2 aromatic carbocycles. The highest BCUT2D eigenvalue weighted by molar-refractivity contribution is 7.89. The predicted octanol–water partition coefficient (Wildman–Crippen LogP) is 3.52. The summed E-state index contributed by atoms with van der Waals surface area (Å²) < 4.78 is 27.4. The van der Waals surface area contributed by atoms with E-state index in [4.69, 9.17) is 0 Å². The fraction of sp³-hybridized carbons (Fsp3) is 0.190. The highest BCUT2D eigenvalue weighted by Crippen LogP contribution is 2.29. The molecule has 5 nitrogen and oxygen atoms in total. The maximum absolute atomic E-state index is 13.0. The molecule has 2 aromatic rings. The van der Waals surface area contributed by atoms with Crippen LogP contribution in [0.25, 0.3) is 6.08 Å². The number of nitrogens with zero attached hydrogens (tertiary/aromatic N) is 1. The van der Waals surface area contributed by atoms with Crippen LogP contribution >= 0.6 is 0 Å². The van der Waals surface area contributed by atoms with Crippen molar-refractivity contribution in [2.75, 3.05) is 6.54 Å². The van der Waals surface area contributed by atoms with Gasteiger partial charge in [0.15, 0.2) is 0 Å². The Morgan fingerprint density at radius 1 is 1.15 bits per heavy atom. The van der Waals surface area contributed by atoms with Gasteiger partial charge in [-0.1, -0.05) is 30.3 Å². The molecule has 27 heavy (non-hydrogen) atoms. The van der Waals surface area contributed by atoms with Gasteiger partial charge in [-0.25, -0.2) is 8.42 Å². The highest BCUT2D eigenvalue weighted by atomic mass is 32.2. The topological polar surface area (TPSA) is 74.7 Å². The number of allylic oxidation sites excluding steroid dienone is 2. The van der Waals surface area contributed by atoms with Crippen LogP contribution < -0.4 is 0 Å². The molecule has 0 bridgehead atoms. The van der Waals surface area contributed by atoms with Crippen LogP contribution in [-0.4, -0.2) is 30.2 Å². The Bertz CT molecular complexity index is 994. The van der Waals surface area contributed by atoms with E-state index in [-0.39, 0.29) is 35.8 Å². The Labute approximate surface area is 159 Å². The van der Waals surface area contributed by atoms with Crippen molar-refractivity contribution in [2.24, 2.45) is 0 Å². The SMILES string of the molecule is C=CCc1cc(C=C2CC(=O)CCN2S(=O)(=O)c2ccccc2)ccc1O. The molecule has 1 aliphatic heterocycles. The third kappa shape index (κ3) is 4.11. The minimum Gasteiger partial charge on any atom is -0.508 e. The molecule has 1 N–H and O–H groups in total. The average Bonchev–Trinajstić information content (AvgIpc) is 2.65. The van der Waals surface area contributed by atoms with Crippen LogP contribution in [0.1, 0.15) is 24.0 Å². The van der Waals surface area contributed by atoms with E-state index < -0.39 is 10.0 Å². The van der Waals surface area contributed by atoms with Gasteiger partial charge in [-0.2, -0.15) is 0 Å². The van der Waals surface area contributed by atoms with Crippen molar-refractivity contribution in [1.29, 1.82) is 0 Å². The number of aromatic hydroxyl groups is 1. The summed E-state index contributed by atoms with van der Waals surface area (Å²) in [5.74, 6) is 0.163. The summed E-state index contributed by atoms with van der Waals surface area (Å²) in [4.78, 5) is 12.2. The smallest absolute Gasteiger partial charge is 0.264 e. The first-order chi connectivity index (χ1) is 12.9. The molecule has 6 heteroatoms. The Kier molecular flexibility index (Phi) is 5.46. The zero-order chi connectivity index (χ0) is 19.4. The molecule has 0 radical (unpaired) electrons. The zero-order valence-corrected chi connectivity index (χ0v) is 15.7. The molecule has 3 rings (SSSR count). The molecule has 0 atom stereocenters. The van der Waals surface area contributed by atoms with E-state index in [1.54, 1.807) is 60.7 Å². The summed E-state index contributed by atoms with van der Waals surface area (Å²) in [5, 5.41) is 9.92. The second-order valence-corrected chi connectivity index (χ2v) is 8.23. The first-order valence-electron chi connectivity index (χ1n) is 8.64. The summed E-state index contributed by atoms with van der Waals surface area (Å²) in [6.07, 6.45) is 4.13. The normalized spacial score (nSPS) is 16.5. The number of phenols is 1. The number of sulfonamides is 1. The van der Waals surface area contributed by atoms with E-state index in [2.05, 4.69) is 6.58 Å². The minimum atomic E-state index is -3.74. The molecule has 0 aliphatic carbocycles. The second kappa shape index (κ2) is 7.80. The molecule has 1 aliphatic rings. The van der Waals surface area contributed by atoms with E-state index in [1.165, 1.54) is 4.31 Å². The molecule has 0 spiro atoms. The van der Waals surface area contributed by atoms with E-state index in [9.17, 15) is 18.3 Å². The molecule has 140 valence electrons. The average molecular weight is 383 g/mol. The maximum Gasteiger partial charge on any atom is 0.264 e. The van der Waals surface area contributed by atoms with Crippen LogP contribution in [0, 0.1) is 0 Å². The lowest BCUT2D eigenvalue weighted by atomic mass is 10.0. The third-order valence-electron chi connectivity index (χ3n) is 4.42. The van der Waals surface area contributed by atoms with Crippen molar-refractivity contribution in [3.05, 3.63) is 78.0 Å². The van der Waals surface area contributed by atoms with Crippen molar-refractivity contribution in [1.82, 2.24) is 4.31 Å². The van der Waals surface area contributed by atoms with Gasteiger partial charge < -0.3 is 5.11 Å². The Hall–Kier alpha value is -2.86. The first-order valence-corrected chi connectivity index (χ1v) is 10.1. The molecule has 1 saturated heterocycles. The van der Waals surface area contributed by atoms with Crippen molar-refractivity contribution in [3.63, 3.8) is 0 Å². The summed E-state index contributed by atoms with van der Waals surface area (Å²) in [6.45, 7) is 3.80. The lowest BCUT2D eigenvalue weighted by Gasteiger charge is -2.30. The van der Waals surface area contributed by atoms with E-state index in [0.29, 0.717) is 17.7 Å². The number of carbonyl (C=O) groups is 1. The van der Waals surface area contributed by atoms with Gasteiger partial charge in [-0.05, 0) is 47.9 Å². The van der Waals surface area contributed by atoms with Crippen LogP contribution in [0.5, 0.6) is 5.75 Å². The molecular weight excluding hydrogens is 362 g/mol. The lowest BCUT2D eigenvalue weighted by Crippen LogP contribution is -2.36. The van der Waals surface area contributed by atoms with Crippen molar-refractivity contribution >= 4 is 21.9 Å². The number of Topliss-reactive ketones (excluding diaryl/α,β-unsaturated/α-hetero) is 1. The molecule has 0 saturated carbocycles.